The molecule has 0 aliphatic carbocycles. The Balaban J connectivity index is 4.55. The van der Waals surface area contributed by atoms with Crippen LogP contribution in [0.25, 0.3) is 0 Å². The molecule has 0 bridgehead atoms. The number of carbonyl (C=O) groups is 3. The van der Waals surface area contributed by atoms with Crippen LogP contribution in [-0.2, 0) is 28.6 Å². The molecule has 0 amide bonds. The van der Waals surface area contributed by atoms with E-state index in [2.05, 4.69) is 81.5 Å². The van der Waals surface area contributed by atoms with Crippen molar-refractivity contribution in [3.63, 3.8) is 0 Å². The van der Waals surface area contributed by atoms with Gasteiger partial charge in [-0.05, 0) is 83.5 Å². The molecule has 0 N–H and O–H groups in total. The summed E-state index contributed by atoms with van der Waals surface area (Å²) in [5, 5.41) is 0. The molecule has 0 radical (unpaired) electrons. The predicted molar refractivity (Wildman–Crippen MR) is 283 cm³/mol. The molecule has 0 aliphatic rings. The quantitative estimate of drug-likeness (QED) is 0.0262. The van der Waals surface area contributed by atoms with Crippen LogP contribution in [0.2, 0.25) is 0 Å². The monoisotopic (exact) mass is 911 g/mol. The number of unbranched alkanes of at least 4 members (excludes halogenated alkanes) is 20. The molecule has 0 heterocycles. The number of hydrogen-bond donors (Lipinski definition) is 0. The minimum atomic E-state index is -0.822. The van der Waals surface area contributed by atoms with Gasteiger partial charge >= 0.3 is 17.9 Å². The van der Waals surface area contributed by atoms with E-state index >= 15 is 0 Å². The van der Waals surface area contributed by atoms with Gasteiger partial charge in [0.15, 0.2) is 6.10 Å². The lowest BCUT2D eigenvalue weighted by atomic mass is 10.1. The van der Waals surface area contributed by atoms with Gasteiger partial charge < -0.3 is 14.2 Å². The van der Waals surface area contributed by atoms with E-state index in [1.807, 2.05) is 72.9 Å². The molecular formula is C60H94O6. The molecule has 6 nitrogen and oxygen atoms in total. The molecule has 66 heavy (non-hydrogen) atoms. The number of ether oxygens (including phenoxy) is 3. The molecule has 0 saturated carbocycles. The average molecular weight is 911 g/mol. The van der Waals surface area contributed by atoms with Crippen molar-refractivity contribution >= 4 is 17.9 Å². The van der Waals surface area contributed by atoms with E-state index in [0.717, 1.165) is 109 Å². The van der Waals surface area contributed by atoms with Crippen LogP contribution in [0.1, 0.15) is 207 Å². The largest absolute Gasteiger partial charge is 0.462 e. The van der Waals surface area contributed by atoms with Crippen molar-refractivity contribution in [2.24, 2.45) is 0 Å². The van der Waals surface area contributed by atoms with Crippen molar-refractivity contribution in [1.29, 1.82) is 0 Å². The fourth-order valence-corrected chi connectivity index (χ4v) is 6.70. The first-order chi connectivity index (χ1) is 32.5. The van der Waals surface area contributed by atoms with Gasteiger partial charge in [0.2, 0.25) is 0 Å². The number of rotatable bonds is 45. The summed E-state index contributed by atoms with van der Waals surface area (Å²) in [4.78, 5) is 38.0. The van der Waals surface area contributed by atoms with Gasteiger partial charge in [-0.2, -0.15) is 0 Å². The summed E-state index contributed by atoms with van der Waals surface area (Å²) in [6, 6.07) is 0. The summed E-state index contributed by atoms with van der Waals surface area (Å²) in [7, 11) is 0. The summed E-state index contributed by atoms with van der Waals surface area (Å²) in [5.41, 5.74) is 0. The molecule has 1 atom stereocenters. The first kappa shape index (κ1) is 61.5. The maximum Gasteiger partial charge on any atom is 0.306 e. The van der Waals surface area contributed by atoms with E-state index in [0.29, 0.717) is 19.3 Å². The molecule has 1 unspecified atom stereocenters. The average Bonchev–Trinajstić information content (AvgIpc) is 3.31. The number of hydrogen-bond acceptors (Lipinski definition) is 6. The first-order valence-corrected chi connectivity index (χ1v) is 26.3. The lowest BCUT2D eigenvalue weighted by molar-refractivity contribution is -0.167. The van der Waals surface area contributed by atoms with E-state index in [4.69, 9.17) is 14.2 Å². The molecule has 0 aromatic rings. The van der Waals surface area contributed by atoms with Crippen LogP contribution >= 0.6 is 0 Å². The van der Waals surface area contributed by atoms with Gasteiger partial charge in [-0.15, -0.1) is 0 Å². The van der Waals surface area contributed by atoms with E-state index in [1.165, 1.54) is 51.4 Å². The maximum absolute atomic E-state index is 12.8. The Bertz CT molecular complexity index is 1460. The Morgan fingerprint density at radius 2 is 0.591 bits per heavy atom. The van der Waals surface area contributed by atoms with Crippen LogP contribution in [0.15, 0.2) is 134 Å². The highest BCUT2D eigenvalue weighted by Crippen LogP contribution is 2.13. The van der Waals surface area contributed by atoms with E-state index in [-0.39, 0.29) is 37.5 Å². The Morgan fingerprint density at radius 1 is 0.318 bits per heavy atom. The zero-order chi connectivity index (χ0) is 47.9. The lowest BCUT2D eigenvalue weighted by Crippen LogP contribution is -2.30. The van der Waals surface area contributed by atoms with Crippen molar-refractivity contribution < 1.29 is 28.6 Å². The Labute approximate surface area is 405 Å². The van der Waals surface area contributed by atoms with Crippen LogP contribution in [-0.4, -0.2) is 37.2 Å². The Hall–Kier alpha value is -4.45. The predicted octanol–water partition coefficient (Wildman–Crippen LogP) is 17.5. The van der Waals surface area contributed by atoms with Gasteiger partial charge in [0, 0.05) is 19.3 Å². The molecule has 0 aliphatic heterocycles. The molecule has 0 rings (SSSR count). The minimum absolute atomic E-state index is 0.116. The zero-order valence-electron chi connectivity index (χ0n) is 42.1. The van der Waals surface area contributed by atoms with Crippen molar-refractivity contribution in [3.8, 4) is 0 Å². The SMILES string of the molecule is CC\C=C/C=C\C=C/C=C\C=C/CCCCCC(=O)OC(COC(=O)CCCCCCC\C=C/C=C\C=C/C=C\CC)COC(=O)CCCCCCC/C=C\C=C/CCCCCCCCC. The van der Waals surface area contributed by atoms with Crippen LogP contribution in [0.5, 0.6) is 0 Å². The van der Waals surface area contributed by atoms with Crippen molar-refractivity contribution in [3.05, 3.63) is 134 Å². The molecule has 370 valence electrons. The lowest BCUT2D eigenvalue weighted by Gasteiger charge is -2.18. The summed E-state index contributed by atoms with van der Waals surface area (Å²) in [6.07, 6.45) is 74.3. The van der Waals surface area contributed by atoms with E-state index < -0.39 is 6.10 Å². The van der Waals surface area contributed by atoms with Crippen molar-refractivity contribution in [2.75, 3.05) is 13.2 Å². The normalized spacial score (nSPS) is 13.2. The van der Waals surface area contributed by atoms with Crippen LogP contribution in [0.3, 0.4) is 0 Å². The highest BCUT2D eigenvalue weighted by molar-refractivity contribution is 5.71. The molecular weight excluding hydrogens is 817 g/mol. The summed E-state index contributed by atoms with van der Waals surface area (Å²) in [5.74, 6) is -1.00. The summed E-state index contributed by atoms with van der Waals surface area (Å²) >= 11 is 0. The highest BCUT2D eigenvalue weighted by atomic mass is 16.6. The van der Waals surface area contributed by atoms with E-state index in [9.17, 15) is 14.4 Å². The van der Waals surface area contributed by atoms with Crippen LogP contribution in [0.4, 0.5) is 0 Å². The fraction of sp³-hybridized carbons (Fsp3) is 0.583. The van der Waals surface area contributed by atoms with Crippen molar-refractivity contribution in [2.45, 2.75) is 213 Å². The Kier molecular flexibility index (Phi) is 49.6. The van der Waals surface area contributed by atoms with Gasteiger partial charge in [0.25, 0.3) is 0 Å². The summed E-state index contributed by atoms with van der Waals surface area (Å²) in [6.45, 7) is 6.26. The van der Waals surface area contributed by atoms with Crippen molar-refractivity contribution in [1.82, 2.24) is 0 Å². The molecule has 0 fully saturated rings. The van der Waals surface area contributed by atoms with Gasteiger partial charge in [-0.1, -0.05) is 238 Å². The van der Waals surface area contributed by atoms with Gasteiger partial charge in [-0.3, -0.25) is 14.4 Å². The highest BCUT2D eigenvalue weighted by Gasteiger charge is 2.19. The maximum atomic E-state index is 12.8. The minimum Gasteiger partial charge on any atom is -0.462 e. The standard InChI is InChI=1S/C60H94O6/c1-4-7-10-13-16-19-22-25-28-29-30-33-35-38-41-44-47-50-53-59(62)65-56-57(66-60(63)54-51-48-45-42-39-36-32-27-24-21-18-15-12-9-6-3)55-64-58(61)52-49-46-43-40-37-34-31-26-23-20-17-14-11-8-5-2/h8-9,11-12,14-15,17-18,20-21,23-24,26-33,36,39,57H,4-7,10,13,16,19,22,25,34-35,37-38,40-56H2,1-3H3/b11-8-,12-9-,17-14-,18-15-,23-20-,24-21-,29-28-,31-26-,32-27-,33-30-,39-36-. The van der Waals surface area contributed by atoms with Crippen LogP contribution in [0, 0.1) is 0 Å². The second kappa shape index (κ2) is 53.2. The third-order valence-corrected chi connectivity index (χ3v) is 10.6. The molecule has 0 spiro atoms. The number of allylic oxidation sites excluding steroid dienone is 22. The number of esters is 3. The third-order valence-electron chi connectivity index (χ3n) is 10.6. The van der Waals surface area contributed by atoms with Gasteiger partial charge in [0.05, 0.1) is 0 Å². The topological polar surface area (TPSA) is 78.9 Å². The third kappa shape index (κ3) is 50.5. The first-order valence-electron chi connectivity index (χ1n) is 26.3. The zero-order valence-corrected chi connectivity index (χ0v) is 42.1. The second-order valence-electron chi connectivity index (χ2n) is 16.9. The van der Waals surface area contributed by atoms with Gasteiger partial charge in [0.1, 0.15) is 13.2 Å². The van der Waals surface area contributed by atoms with Crippen LogP contribution < -0.4 is 0 Å². The molecule has 0 aromatic carbocycles. The molecule has 6 heteroatoms. The molecule has 0 aromatic heterocycles. The Morgan fingerprint density at radius 3 is 0.955 bits per heavy atom. The van der Waals surface area contributed by atoms with Gasteiger partial charge in [-0.25, -0.2) is 0 Å². The molecule has 0 saturated heterocycles. The smallest absolute Gasteiger partial charge is 0.306 e. The summed E-state index contributed by atoms with van der Waals surface area (Å²) < 4.78 is 16.7. The second-order valence-corrected chi connectivity index (χ2v) is 16.9. The number of carbonyl (C=O) groups excluding carboxylic acids is 3. The van der Waals surface area contributed by atoms with E-state index in [1.54, 1.807) is 0 Å². The fourth-order valence-electron chi connectivity index (χ4n) is 6.70.